The lowest BCUT2D eigenvalue weighted by Gasteiger charge is -2.06. The lowest BCUT2D eigenvalue weighted by molar-refractivity contribution is -0.384. The topological polar surface area (TPSA) is 93.8 Å². The number of carbonyl (C=O) groups is 1. The monoisotopic (exact) mass is 327 g/mol. The van der Waals surface area contributed by atoms with Crippen LogP contribution in [-0.4, -0.2) is 23.1 Å². The smallest absolute Gasteiger partial charge is 0.277 e. The van der Waals surface area contributed by atoms with E-state index in [2.05, 4.69) is 10.5 Å². The number of hydrogen-bond donors (Lipinski definition) is 1. The number of non-ortho nitro benzene ring substituents is 1. The lowest BCUT2D eigenvalue weighted by atomic mass is 10.1. The van der Waals surface area contributed by atoms with E-state index in [0.717, 1.165) is 5.56 Å². The first-order chi connectivity index (χ1) is 11.5. The molecule has 0 saturated carbocycles. The molecule has 0 aliphatic carbocycles. The second kappa shape index (κ2) is 7.87. The number of carbonyl (C=O) groups excluding carboxylic acids is 1. The zero-order valence-corrected chi connectivity index (χ0v) is 13.4. The van der Waals surface area contributed by atoms with Gasteiger partial charge in [0.15, 0.2) is 6.61 Å². The van der Waals surface area contributed by atoms with Crippen LogP contribution in [0.1, 0.15) is 18.1 Å². The third-order valence-electron chi connectivity index (χ3n) is 3.21. The number of nitro benzene ring substituents is 1. The van der Waals surface area contributed by atoms with Gasteiger partial charge >= 0.3 is 0 Å². The Hall–Kier alpha value is -3.22. The first-order valence-electron chi connectivity index (χ1n) is 7.23. The van der Waals surface area contributed by atoms with E-state index >= 15 is 0 Å². The Morgan fingerprint density at radius 2 is 1.96 bits per heavy atom. The molecule has 124 valence electrons. The van der Waals surface area contributed by atoms with E-state index in [1.54, 1.807) is 31.2 Å². The van der Waals surface area contributed by atoms with Crippen molar-refractivity contribution in [3.05, 3.63) is 69.8 Å². The molecular weight excluding hydrogens is 310 g/mol. The van der Waals surface area contributed by atoms with E-state index in [9.17, 15) is 14.9 Å². The Balaban J connectivity index is 1.91. The molecule has 24 heavy (non-hydrogen) atoms. The van der Waals surface area contributed by atoms with Gasteiger partial charge < -0.3 is 4.74 Å². The van der Waals surface area contributed by atoms with Crippen molar-refractivity contribution in [2.24, 2.45) is 5.10 Å². The summed E-state index contributed by atoms with van der Waals surface area (Å²) in [5, 5.41) is 14.7. The molecule has 1 N–H and O–H groups in total. The molecule has 0 spiro atoms. The Morgan fingerprint density at radius 1 is 1.25 bits per heavy atom. The SMILES string of the molecule is C/C(=N/NC(=O)COc1ccc(C)cc1)c1cccc([N+](=O)[O-])c1. The minimum atomic E-state index is -0.481. The second-order valence-corrected chi connectivity index (χ2v) is 5.14. The van der Waals surface area contributed by atoms with Crippen molar-refractivity contribution in [1.82, 2.24) is 5.43 Å². The van der Waals surface area contributed by atoms with Crippen molar-refractivity contribution in [3.8, 4) is 5.75 Å². The van der Waals surface area contributed by atoms with Crippen LogP contribution >= 0.6 is 0 Å². The fraction of sp³-hybridized carbons (Fsp3) is 0.176. The van der Waals surface area contributed by atoms with Crippen LogP contribution in [-0.2, 0) is 4.79 Å². The molecule has 0 heterocycles. The van der Waals surface area contributed by atoms with Gasteiger partial charge in [-0.05, 0) is 26.0 Å². The summed E-state index contributed by atoms with van der Waals surface area (Å²) < 4.78 is 5.34. The van der Waals surface area contributed by atoms with Gasteiger partial charge in [-0.15, -0.1) is 0 Å². The fourth-order valence-electron chi connectivity index (χ4n) is 1.87. The number of benzene rings is 2. The van der Waals surface area contributed by atoms with Gasteiger partial charge in [-0.3, -0.25) is 14.9 Å². The molecule has 0 radical (unpaired) electrons. The van der Waals surface area contributed by atoms with Gasteiger partial charge in [0, 0.05) is 17.7 Å². The highest BCUT2D eigenvalue weighted by molar-refractivity contribution is 5.99. The van der Waals surface area contributed by atoms with Crippen LogP contribution in [0.5, 0.6) is 5.75 Å². The third-order valence-corrected chi connectivity index (χ3v) is 3.21. The van der Waals surface area contributed by atoms with E-state index in [1.807, 2.05) is 19.1 Å². The molecular formula is C17H17N3O4. The number of nitrogens with one attached hydrogen (secondary N) is 1. The van der Waals surface area contributed by atoms with E-state index in [4.69, 9.17) is 4.74 Å². The number of ether oxygens (including phenoxy) is 1. The highest BCUT2D eigenvalue weighted by atomic mass is 16.6. The zero-order chi connectivity index (χ0) is 17.5. The zero-order valence-electron chi connectivity index (χ0n) is 13.4. The summed E-state index contributed by atoms with van der Waals surface area (Å²) >= 11 is 0. The van der Waals surface area contributed by atoms with Crippen molar-refractivity contribution in [2.75, 3.05) is 6.61 Å². The lowest BCUT2D eigenvalue weighted by Crippen LogP contribution is -2.25. The average molecular weight is 327 g/mol. The Morgan fingerprint density at radius 3 is 2.62 bits per heavy atom. The first-order valence-corrected chi connectivity index (χ1v) is 7.23. The van der Waals surface area contributed by atoms with Crippen LogP contribution in [0.25, 0.3) is 0 Å². The Labute approximate surface area is 139 Å². The summed E-state index contributed by atoms with van der Waals surface area (Å²) in [4.78, 5) is 22.0. The molecule has 7 heteroatoms. The number of nitro groups is 1. The van der Waals surface area contributed by atoms with Crippen LogP contribution in [0.2, 0.25) is 0 Å². The largest absolute Gasteiger partial charge is 0.484 e. The second-order valence-electron chi connectivity index (χ2n) is 5.14. The van der Waals surface area contributed by atoms with Crippen LogP contribution in [0, 0.1) is 17.0 Å². The summed E-state index contributed by atoms with van der Waals surface area (Å²) in [6.45, 7) is 3.44. The summed E-state index contributed by atoms with van der Waals surface area (Å²) in [5.41, 5.74) is 4.45. The number of rotatable bonds is 6. The van der Waals surface area contributed by atoms with Crippen molar-refractivity contribution in [1.29, 1.82) is 0 Å². The minimum absolute atomic E-state index is 0.0314. The van der Waals surface area contributed by atoms with E-state index in [1.165, 1.54) is 12.1 Å². The standard InChI is InChI=1S/C17H17N3O4/c1-12-6-8-16(9-7-12)24-11-17(21)19-18-13(2)14-4-3-5-15(10-14)20(22)23/h3-10H,11H2,1-2H3,(H,19,21)/b18-13-. The van der Waals surface area contributed by atoms with Gasteiger partial charge in [0.05, 0.1) is 10.6 Å². The molecule has 0 atom stereocenters. The number of nitrogens with zero attached hydrogens (tertiary/aromatic N) is 2. The number of hydrogen-bond acceptors (Lipinski definition) is 5. The van der Waals surface area contributed by atoms with E-state index in [-0.39, 0.29) is 12.3 Å². The van der Waals surface area contributed by atoms with E-state index < -0.39 is 10.8 Å². The molecule has 1 amide bonds. The summed E-state index contributed by atoms with van der Waals surface area (Å²) in [6.07, 6.45) is 0. The van der Waals surface area contributed by atoms with Gasteiger partial charge in [0.1, 0.15) is 5.75 Å². The molecule has 0 unspecified atom stereocenters. The molecule has 0 bridgehead atoms. The van der Waals surface area contributed by atoms with Gasteiger partial charge in [-0.2, -0.15) is 5.10 Å². The maximum absolute atomic E-state index is 11.7. The number of hydrazone groups is 1. The van der Waals surface area contributed by atoms with Crippen molar-refractivity contribution < 1.29 is 14.5 Å². The Bertz CT molecular complexity index is 770. The predicted molar refractivity (Wildman–Crippen MR) is 90.1 cm³/mol. The maximum atomic E-state index is 11.7. The van der Waals surface area contributed by atoms with Gasteiger partial charge in [-0.1, -0.05) is 29.8 Å². The molecule has 0 aliphatic rings. The number of aryl methyl sites for hydroxylation is 1. The molecule has 2 aromatic carbocycles. The fourth-order valence-corrected chi connectivity index (χ4v) is 1.87. The molecule has 0 fully saturated rings. The summed E-state index contributed by atoms with van der Waals surface area (Å²) in [5.74, 6) is 0.176. The maximum Gasteiger partial charge on any atom is 0.277 e. The molecule has 0 aromatic heterocycles. The van der Waals surface area contributed by atoms with Crippen LogP contribution in [0.4, 0.5) is 5.69 Å². The normalized spacial score (nSPS) is 11.0. The van der Waals surface area contributed by atoms with Crippen LogP contribution < -0.4 is 10.2 Å². The molecule has 0 aliphatic heterocycles. The summed E-state index contributed by atoms with van der Waals surface area (Å²) in [6, 6.07) is 13.4. The van der Waals surface area contributed by atoms with Crippen LogP contribution in [0.15, 0.2) is 53.6 Å². The number of amides is 1. The van der Waals surface area contributed by atoms with Crippen molar-refractivity contribution in [3.63, 3.8) is 0 Å². The highest BCUT2D eigenvalue weighted by Crippen LogP contribution is 2.14. The quantitative estimate of drug-likeness (QED) is 0.501. The molecule has 2 rings (SSSR count). The van der Waals surface area contributed by atoms with Gasteiger partial charge in [-0.25, -0.2) is 5.43 Å². The van der Waals surface area contributed by atoms with Crippen molar-refractivity contribution >= 4 is 17.3 Å². The highest BCUT2D eigenvalue weighted by Gasteiger charge is 2.08. The molecule has 2 aromatic rings. The third kappa shape index (κ3) is 4.91. The van der Waals surface area contributed by atoms with Gasteiger partial charge in [0.25, 0.3) is 11.6 Å². The minimum Gasteiger partial charge on any atom is -0.484 e. The van der Waals surface area contributed by atoms with Crippen molar-refractivity contribution in [2.45, 2.75) is 13.8 Å². The van der Waals surface area contributed by atoms with Gasteiger partial charge in [0.2, 0.25) is 0 Å². The average Bonchev–Trinajstić information content (AvgIpc) is 2.59. The van der Waals surface area contributed by atoms with Crippen LogP contribution in [0.3, 0.4) is 0 Å². The Kier molecular flexibility index (Phi) is 5.62. The summed E-state index contributed by atoms with van der Waals surface area (Å²) in [7, 11) is 0. The van der Waals surface area contributed by atoms with E-state index in [0.29, 0.717) is 17.0 Å². The molecule has 7 nitrogen and oxygen atoms in total. The molecule has 0 saturated heterocycles. The predicted octanol–water partition coefficient (Wildman–Crippen LogP) is 2.82. The first kappa shape index (κ1) is 17.1.